The Morgan fingerprint density at radius 3 is 2.46 bits per heavy atom. The van der Waals surface area contributed by atoms with E-state index < -0.39 is 0 Å². The number of carbonyl (C=O) groups excluding carboxylic acids is 2. The van der Waals surface area contributed by atoms with Gasteiger partial charge in [0.25, 0.3) is 5.91 Å². The SMILES string of the molecule is CCOC(=O)c1c(C)c(C(=O)N[C@H]2CCCC[C@H]2C)c(C)n1CC. The molecule has 1 aromatic heterocycles. The fourth-order valence-corrected chi connectivity index (χ4v) is 3.86. The molecular weight excluding hydrogens is 304 g/mol. The van der Waals surface area contributed by atoms with Crippen LogP contribution in [0.4, 0.5) is 0 Å². The van der Waals surface area contributed by atoms with E-state index in [0.29, 0.717) is 35.9 Å². The van der Waals surface area contributed by atoms with Crippen molar-refractivity contribution in [3.63, 3.8) is 0 Å². The second-order valence-corrected chi connectivity index (χ2v) is 6.74. The van der Waals surface area contributed by atoms with Gasteiger partial charge in [-0.15, -0.1) is 0 Å². The highest BCUT2D eigenvalue weighted by Gasteiger charge is 2.29. The Morgan fingerprint density at radius 1 is 1.21 bits per heavy atom. The molecule has 1 saturated carbocycles. The first-order valence-corrected chi connectivity index (χ1v) is 9.09. The van der Waals surface area contributed by atoms with Crippen molar-refractivity contribution >= 4 is 11.9 Å². The van der Waals surface area contributed by atoms with Gasteiger partial charge in [0, 0.05) is 18.3 Å². The molecule has 1 amide bonds. The van der Waals surface area contributed by atoms with E-state index in [-0.39, 0.29) is 17.9 Å². The highest BCUT2D eigenvalue weighted by molar-refractivity contribution is 6.01. The van der Waals surface area contributed by atoms with E-state index in [1.54, 1.807) is 6.92 Å². The number of carbonyl (C=O) groups is 2. The smallest absolute Gasteiger partial charge is 0.355 e. The highest BCUT2D eigenvalue weighted by atomic mass is 16.5. The molecule has 0 aliphatic heterocycles. The van der Waals surface area contributed by atoms with Gasteiger partial charge in [0.15, 0.2) is 0 Å². The van der Waals surface area contributed by atoms with Gasteiger partial charge in [-0.25, -0.2) is 4.79 Å². The lowest BCUT2D eigenvalue weighted by atomic mass is 9.86. The molecule has 0 radical (unpaired) electrons. The maximum absolute atomic E-state index is 12.9. The number of aromatic nitrogens is 1. The standard InChI is InChI=1S/C19H30N2O3/c1-6-21-14(5)16(13(4)17(21)19(23)24-7-2)18(22)20-15-11-9-8-10-12(15)3/h12,15H,6-11H2,1-5H3,(H,20,22)/t12-,15+/m1/s1. The molecule has 0 saturated heterocycles. The molecule has 24 heavy (non-hydrogen) atoms. The van der Waals surface area contributed by atoms with Crippen molar-refractivity contribution in [1.82, 2.24) is 9.88 Å². The summed E-state index contributed by atoms with van der Waals surface area (Å²) in [5.41, 5.74) is 2.67. The predicted molar refractivity (Wildman–Crippen MR) is 94.4 cm³/mol. The number of amides is 1. The van der Waals surface area contributed by atoms with Gasteiger partial charge in [0.2, 0.25) is 0 Å². The lowest BCUT2D eigenvalue weighted by molar-refractivity contribution is 0.0512. The maximum atomic E-state index is 12.9. The first kappa shape index (κ1) is 18.6. The Labute approximate surface area is 144 Å². The third kappa shape index (κ3) is 3.50. The van der Waals surface area contributed by atoms with Crippen molar-refractivity contribution < 1.29 is 14.3 Å². The van der Waals surface area contributed by atoms with Gasteiger partial charge < -0.3 is 14.6 Å². The maximum Gasteiger partial charge on any atom is 0.355 e. The van der Waals surface area contributed by atoms with Crippen LogP contribution in [0.3, 0.4) is 0 Å². The minimum absolute atomic E-state index is 0.0681. The average molecular weight is 334 g/mol. The summed E-state index contributed by atoms with van der Waals surface area (Å²) in [6, 6.07) is 0.223. The van der Waals surface area contributed by atoms with Crippen molar-refractivity contribution in [3.8, 4) is 0 Å². The number of hydrogen-bond donors (Lipinski definition) is 1. The van der Waals surface area contributed by atoms with E-state index in [0.717, 1.165) is 25.0 Å². The van der Waals surface area contributed by atoms with Gasteiger partial charge >= 0.3 is 5.97 Å². The van der Waals surface area contributed by atoms with Crippen LogP contribution in [0.1, 0.15) is 78.6 Å². The molecule has 0 bridgehead atoms. The van der Waals surface area contributed by atoms with Crippen LogP contribution in [0.15, 0.2) is 0 Å². The number of rotatable bonds is 5. The second-order valence-electron chi connectivity index (χ2n) is 6.74. The number of ether oxygens (including phenoxy) is 1. The Morgan fingerprint density at radius 2 is 1.88 bits per heavy atom. The topological polar surface area (TPSA) is 60.3 Å². The number of hydrogen-bond acceptors (Lipinski definition) is 3. The number of esters is 1. The molecule has 1 heterocycles. The van der Waals surface area contributed by atoms with Gasteiger partial charge in [-0.3, -0.25) is 4.79 Å². The van der Waals surface area contributed by atoms with Crippen LogP contribution < -0.4 is 5.32 Å². The highest BCUT2D eigenvalue weighted by Crippen LogP contribution is 2.26. The fourth-order valence-electron chi connectivity index (χ4n) is 3.86. The lowest BCUT2D eigenvalue weighted by Gasteiger charge is -2.29. The lowest BCUT2D eigenvalue weighted by Crippen LogP contribution is -2.41. The molecule has 1 aromatic rings. The normalized spacial score (nSPS) is 20.7. The average Bonchev–Trinajstić information content (AvgIpc) is 2.80. The monoisotopic (exact) mass is 334 g/mol. The van der Waals surface area contributed by atoms with Crippen LogP contribution in [-0.4, -0.2) is 29.1 Å². The molecular formula is C19H30N2O3. The molecule has 2 atom stereocenters. The van der Waals surface area contributed by atoms with Crippen LogP contribution in [0.5, 0.6) is 0 Å². The van der Waals surface area contributed by atoms with E-state index in [4.69, 9.17) is 4.74 Å². The molecule has 5 heteroatoms. The number of nitrogens with zero attached hydrogens (tertiary/aromatic N) is 1. The molecule has 1 aliphatic carbocycles. The summed E-state index contributed by atoms with van der Waals surface area (Å²) < 4.78 is 7.06. The Balaban J connectivity index is 2.32. The minimum Gasteiger partial charge on any atom is -0.461 e. The number of nitrogens with one attached hydrogen (secondary N) is 1. The fraction of sp³-hybridized carbons (Fsp3) is 0.684. The Kier molecular flexibility index (Phi) is 6.08. The zero-order valence-corrected chi connectivity index (χ0v) is 15.6. The van der Waals surface area contributed by atoms with E-state index in [2.05, 4.69) is 12.2 Å². The summed E-state index contributed by atoms with van der Waals surface area (Å²) in [6.45, 7) is 10.7. The molecule has 134 valence electrons. The van der Waals surface area contributed by atoms with Crippen molar-refractivity contribution in [1.29, 1.82) is 0 Å². The Hall–Kier alpha value is -1.78. The summed E-state index contributed by atoms with van der Waals surface area (Å²) in [4.78, 5) is 25.2. The third-order valence-corrected chi connectivity index (χ3v) is 5.21. The van der Waals surface area contributed by atoms with E-state index in [9.17, 15) is 9.59 Å². The van der Waals surface area contributed by atoms with Crippen LogP contribution in [0.2, 0.25) is 0 Å². The largest absolute Gasteiger partial charge is 0.461 e. The predicted octanol–water partition coefficient (Wildman–Crippen LogP) is 3.61. The van der Waals surface area contributed by atoms with Crippen LogP contribution in [0, 0.1) is 19.8 Å². The first-order chi connectivity index (χ1) is 11.4. The minimum atomic E-state index is -0.356. The van der Waals surface area contributed by atoms with E-state index in [1.807, 2.05) is 25.3 Å². The molecule has 0 aromatic carbocycles. The molecule has 1 N–H and O–H groups in total. The van der Waals surface area contributed by atoms with Crippen LogP contribution >= 0.6 is 0 Å². The van der Waals surface area contributed by atoms with Gasteiger partial charge in [0.1, 0.15) is 5.69 Å². The summed E-state index contributed by atoms with van der Waals surface area (Å²) in [5, 5.41) is 3.20. The van der Waals surface area contributed by atoms with E-state index >= 15 is 0 Å². The van der Waals surface area contributed by atoms with Gasteiger partial charge in [0.05, 0.1) is 12.2 Å². The molecule has 0 spiro atoms. The summed E-state index contributed by atoms with van der Waals surface area (Å²) in [7, 11) is 0. The van der Waals surface area contributed by atoms with Crippen LogP contribution in [0.25, 0.3) is 0 Å². The van der Waals surface area contributed by atoms with E-state index in [1.165, 1.54) is 6.42 Å². The first-order valence-electron chi connectivity index (χ1n) is 9.09. The van der Waals surface area contributed by atoms with Crippen LogP contribution in [-0.2, 0) is 11.3 Å². The zero-order valence-electron chi connectivity index (χ0n) is 15.6. The van der Waals surface area contributed by atoms with Crippen molar-refractivity contribution in [2.24, 2.45) is 5.92 Å². The Bertz CT molecular complexity index is 619. The summed E-state index contributed by atoms with van der Waals surface area (Å²) in [6.07, 6.45) is 4.60. The van der Waals surface area contributed by atoms with Gasteiger partial charge in [-0.05, 0) is 52.0 Å². The molecule has 1 fully saturated rings. The summed E-state index contributed by atoms with van der Waals surface area (Å²) >= 11 is 0. The second kappa shape index (κ2) is 7.86. The molecule has 5 nitrogen and oxygen atoms in total. The molecule has 0 unspecified atom stereocenters. The van der Waals surface area contributed by atoms with Crippen molar-refractivity contribution in [2.45, 2.75) is 72.9 Å². The van der Waals surface area contributed by atoms with Crippen molar-refractivity contribution in [2.75, 3.05) is 6.61 Å². The quantitative estimate of drug-likeness (QED) is 0.837. The van der Waals surface area contributed by atoms with Gasteiger partial charge in [-0.1, -0.05) is 19.8 Å². The zero-order chi connectivity index (χ0) is 17.9. The van der Waals surface area contributed by atoms with Crippen molar-refractivity contribution in [3.05, 3.63) is 22.5 Å². The third-order valence-electron chi connectivity index (χ3n) is 5.21. The molecule has 2 rings (SSSR count). The summed E-state index contributed by atoms with van der Waals surface area (Å²) in [5.74, 6) is 0.0765. The van der Waals surface area contributed by atoms with Gasteiger partial charge in [-0.2, -0.15) is 0 Å². The molecule has 1 aliphatic rings.